The Balaban J connectivity index is 1.29. The lowest BCUT2D eigenvalue weighted by molar-refractivity contribution is -0.432. The number of fused-ring (bicyclic) bond motifs is 2. The van der Waals surface area contributed by atoms with Gasteiger partial charge in [0.15, 0.2) is 17.3 Å². The number of aromatic hydroxyl groups is 1. The van der Waals surface area contributed by atoms with Crippen molar-refractivity contribution in [2.75, 3.05) is 16.0 Å². The Morgan fingerprint density at radius 2 is 1.58 bits per heavy atom. The maximum atomic E-state index is 14.8. The maximum absolute atomic E-state index is 14.8. The van der Waals surface area contributed by atoms with Crippen molar-refractivity contribution < 1.29 is 55.2 Å². The van der Waals surface area contributed by atoms with E-state index in [1.54, 1.807) is 18.2 Å². The molecule has 2 aromatic heterocycles. The third-order valence-electron chi connectivity index (χ3n) is 11.2. The van der Waals surface area contributed by atoms with Crippen LogP contribution in [0.15, 0.2) is 81.3 Å². The van der Waals surface area contributed by atoms with Gasteiger partial charge in [-0.2, -0.15) is 27.6 Å². The van der Waals surface area contributed by atoms with E-state index < -0.39 is 72.9 Å². The Labute approximate surface area is 370 Å². The molecule has 20 nitrogen and oxygen atoms in total. The monoisotopic (exact) mass is 931 g/mol. The van der Waals surface area contributed by atoms with Crippen LogP contribution in [0.1, 0.15) is 74.6 Å². The summed E-state index contributed by atoms with van der Waals surface area (Å²) in [5.41, 5.74) is 1.95. The van der Waals surface area contributed by atoms with Gasteiger partial charge in [-0.1, -0.05) is 48.2 Å². The summed E-state index contributed by atoms with van der Waals surface area (Å²) in [6, 6.07) is 15.8. The number of ketones is 2. The molecule has 1 fully saturated rings. The molecule has 0 aliphatic heterocycles. The zero-order valence-electron chi connectivity index (χ0n) is 33.8. The van der Waals surface area contributed by atoms with E-state index in [0.29, 0.717) is 58.4 Å². The highest BCUT2D eigenvalue weighted by Crippen LogP contribution is 2.50. The standard InChI is InChI=1S/C41H37N7O13S3/c1-19-8-6-9-20(2)35(19)44-40-45-39(46-41(52)47-40)43-27-17-26(29(59-63(54)55)18-30(27)64(56,57)58)42-25-14-15-28-33-31(23-12-4-5-13-24(23)37(50)32(25)33)34(38(51)48(28)3)36(49)21-10-7-11-22(16-21)62-61-60-53/h6-11,14-18,23-24,42,53H,4-5,12-13H2,1-3H3,(H,54,55)(H,56,57,58)(H3,43,44,45,46,47,52). The summed E-state index contributed by atoms with van der Waals surface area (Å²) in [7, 11) is -3.66. The molecule has 332 valence electrons. The molecule has 8 rings (SSSR count). The van der Waals surface area contributed by atoms with Gasteiger partial charge in [0.2, 0.25) is 11.9 Å². The summed E-state index contributed by atoms with van der Waals surface area (Å²) in [6.45, 7) is 3.68. The average molecular weight is 932 g/mol. The molecule has 1 saturated carbocycles. The number of nitrogens with zero attached hydrogens (tertiary/aromatic N) is 4. The molecule has 6 aromatic rings. The highest BCUT2D eigenvalue weighted by Gasteiger charge is 2.43. The fraction of sp³-hybridized carbons (Fsp3) is 0.220. The van der Waals surface area contributed by atoms with Crippen molar-refractivity contribution in [3.63, 3.8) is 0 Å². The first kappa shape index (κ1) is 44.3. The fourth-order valence-corrected chi connectivity index (χ4v) is 9.81. The van der Waals surface area contributed by atoms with Crippen LogP contribution in [0.2, 0.25) is 0 Å². The largest absolute Gasteiger partial charge is 0.479 e. The lowest BCUT2D eigenvalue weighted by atomic mass is 9.65. The van der Waals surface area contributed by atoms with Gasteiger partial charge in [0.25, 0.3) is 15.7 Å². The predicted octanol–water partition coefficient (Wildman–Crippen LogP) is 7.17. The molecule has 3 unspecified atom stereocenters. The van der Waals surface area contributed by atoms with Crippen LogP contribution in [0.5, 0.6) is 11.8 Å². The van der Waals surface area contributed by atoms with E-state index in [0.717, 1.165) is 29.7 Å². The lowest BCUT2D eigenvalue weighted by Crippen LogP contribution is -2.36. The minimum Gasteiger partial charge on any atom is -0.479 e. The summed E-state index contributed by atoms with van der Waals surface area (Å²) < 4.78 is 69.0. The van der Waals surface area contributed by atoms with Crippen molar-refractivity contribution in [1.82, 2.24) is 19.5 Å². The van der Waals surface area contributed by atoms with Crippen molar-refractivity contribution in [2.45, 2.75) is 55.2 Å². The van der Waals surface area contributed by atoms with Gasteiger partial charge in [0.05, 0.1) is 45.7 Å². The van der Waals surface area contributed by atoms with Gasteiger partial charge < -0.3 is 29.8 Å². The Bertz CT molecular complexity index is 3090. The van der Waals surface area contributed by atoms with Crippen molar-refractivity contribution >= 4 is 90.6 Å². The number of benzene rings is 4. The van der Waals surface area contributed by atoms with Crippen LogP contribution in [-0.2, 0) is 37.9 Å². The highest BCUT2D eigenvalue weighted by atomic mass is 32.2. The first-order valence-corrected chi connectivity index (χ1v) is 22.6. The quantitative estimate of drug-likeness (QED) is 0.0142. The molecular formula is C41H37N7O13S3. The first-order chi connectivity index (χ1) is 30.5. The van der Waals surface area contributed by atoms with Gasteiger partial charge in [-0.3, -0.25) is 23.5 Å². The van der Waals surface area contributed by atoms with Crippen molar-refractivity contribution in [3.8, 4) is 11.8 Å². The summed E-state index contributed by atoms with van der Waals surface area (Å²) >= 11 is -2.42. The number of aryl methyl sites for hydroxylation is 3. The zero-order valence-corrected chi connectivity index (χ0v) is 36.3. The highest BCUT2D eigenvalue weighted by molar-refractivity contribution is 7.94. The lowest BCUT2D eigenvalue weighted by Gasteiger charge is -2.38. The SMILES string of the molecule is Cc1cccc(C)c1Nc1nc(O)nc(Nc2cc(Nc3ccc4c5c3C(=O)C3CCCCC3c5c(C(=O)c3cccc(SOOO)c3)c(=O)n4C)c(OS(=O)O)cc2S(=O)(=O)O)n1. The minimum absolute atomic E-state index is 0.0899. The predicted molar refractivity (Wildman–Crippen MR) is 234 cm³/mol. The van der Waals surface area contributed by atoms with Crippen molar-refractivity contribution in [3.05, 3.63) is 110 Å². The fourth-order valence-electron chi connectivity index (χ4n) is 8.46. The number of rotatable bonds is 14. The van der Waals surface area contributed by atoms with Gasteiger partial charge in [-0.15, -0.1) is 4.33 Å². The molecule has 0 amide bonds. The molecule has 0 spiro atoms. The molecule has 64 heavy (non-hydrogen) atoms. The van der Waals surface area contributed by atoms with E-state index in [4.69, 9.17) is 9.44 Å². The van der Waals surface area contributed by atoms with E-state index in [9.17, 15) is 41.2 Å². The summed E-state index contributed by atoms with van der Waals surface area (Å²) in [5.74, 6) is -3.16. The third kappa shape index (κ3) is 8.54. The maximum Gasteiger partial charge on any atom is 0.357 e. The van der Waals surface area contributed by atoms with Crippen LogP contribution in [0, 0.1) is 19.8 Å². The second-order valence-corrected chi connectivity index (χ2v) is 17.8. The Morgan fingerprint density at radius 1 is 0.891 bits per heavy atom. The molecule has 2 aliphatic rings. The van der Waals surface area contributed by atoms with Crippen molar-refractivity contribution in [1.29, 1.82) is 0 Å². The number of carbonyl (C=O) groups excluding carboxylic acids is 2. The van der Waals surface area contributed by atoms with Gasteiger partial charge in [-0.05, 0) is 79.6 Å². The van der Waals surface area contributed by atoms with E-state index in [2.05, 4.69) is 40.3 Å². The Hall–Kier alpha value is -6.31. The normalized spacial score (nSPS) is 16.2. The van der Waals surface area contributed by atoms with E-state index in [-0.39, 0.29) is 39.8 Å². The second-order valence-electron chi connectivity index (χ2n) is 15.0. The number of anilines is 6. The summed E-state index contributed by atoms with van der Waals surface area (Å²) in [6.07, 6.45) is 2.38. The molecule has 3 atom stereocenters. The van der Waals surface area contributed by atoms with Crippen LogP contribution in [-0.4, -0.2) is 63.2 Å². The first-order valence-electron chi connectivity index (χ1n) is 19.3. The molecule has 0 saturated heterocycles. The third-order valence-corrected chi connectivity index (χ3v) is 13.0. The van der Waals surface area contributed by atoms with Crippen LogP contribution < -0.4 is 25.7 Å². The molecule has 23 heteroatoms. The molecule has 0 bridgehead atoms. The van der Waals surface area contributed by atoms with E-state index in [1.165, 1.54) is 29.8 Å². The number of Topliss-reactive ketones (excluding diaryl/α,β-unsaturated/α-hetero) is 1. The molecule has 7 N–H and O–H groups in total. The molecule has 2 aliphatic carbocycles. The molecular weight excluding hydrogens is 895 g/mol. The Morgan fingerprint density at radius 3 is 2.27 bits per heavy atom. The van der Waals surface area contributed by atoms with Crippen LogP contribution in [0.4, 0.5) is 34.6 Å². The van der Waals surface area contributed by atoms with Gasteiger partial charge in [0, 0.05) is 40.6 Å². The summed E-state index contributed by atoms with van der Waals surface area (Å²) in [5, 5.41) is 31.9. The minimum atomic E-state index is -5.14. The van der Waals surface area contributed by atoms with Crippen LogP contribution in [0.25, 0.3) is 10.9 Å². The Kier molecular flexibility index (Phi) is 12.2. The number of hydrogen-bond acceptors (Lipinski definition) is 18. The number of para-hydroxylation sites is 1. The average Bonchev–Trinajstić information content (AvgIpc) is 3.25. The van der Waals surface area contributed by atoms with Crippen LogP contribution in [0.3, 0.4) is 0 Å². The zero-order chi connectivity index (χ0) is 45.6. The second kappa shape index (κ2) is 17.7. The molecule has 2 heterocycles. The van der Waals surface area contributed by atoms with E-state index >= 15 is 0 Å². The molecule has 4 aromatic carbocycles. The number of aromatic nitrogens is 4. The van der Waals surface area contributed by atoms with Crippen molar-refractivity contribution in [2.24, 2.45) is 13.0 Å². The van der Waals surface area contributed by atoms with E-state index in [1.807, 2.05) is 32.0 Å². The number of carbonyl (C=O) groups is 2. The van der Waals surface area contributed by atoms with Gasteiger partial charge in [-0.25, -0.2) is 5.26 Å². The molecule has 0 radical (unpaired) electrons. The topological polar surface area (TPSA) is 291 Å². The number of nitrogens with one attached hydrogen (secondary N) is 3. The number of pyridine rings is 1. The number of hydrogen-bond donors (Lipinski definition) is 7. The van der Waals surface area contributed by atoms with Crippen LogP contribution >= 0.6 is 12.0 Å². The van der Waals surface area contributed by atoms with Gasteiger partial charge >= 0.3 is 17.4 Å². The smallest absolute Gasteiger partial charge is 0.357 e. The summed E-state index contributed by atoms with van der Waals surface area (Å²) in [4.78, 5) is 55.2. The van der Waals surface area contributed by atoms with Gasteiger partial charge in [0.1, 0.15) is 4.90 Å².